The molecule has 0 spiro atoms. The van der Waals surface area contributed by atoms with Crippen LogP contribution in [0.25, 0.3) is 89.5 Å². The van der Waals surface area contributed by atoms with E-state index in [1.165, 1.54) is 0 Å². The first-order valence-electron chi connectivity index (χ1n) is 17.7. The highest BCUT2D eigenvalue weighted by Crippen LogP contribution is 2.42. The molecular weight excluding hydrogens is 661 g/mol. The summed E-state index contributed by atoms with van der Waals surface area (Å²) in [5.74, 6) is 0.627. The number of rotatable bonds is 8. The molecule has 0 saturated carbocycles. The van der Waals surface area contributed by atoms with E-state index in [0.29, 0.717) is 5.82 Å². The zero-order chi connectivity index (χ0) is 36.1. The van der Waals surface area contributed by atoms with Crippen molar-refractivity contribution >= 4 is 0 Å². The van der Waals surface area contributed by atoms with E-state index >= 15 is 0 Å². The lowest BCUT2D eigenvalue weighted by molar-refractivity contribution is 1.17. The molecule has 0 unspecified atom stereocenters. The fourth-order valence-electron chi connectivity index (χ4n) is 6.82. The first kappa shape index (κ1) is 32.5. The molecule has 9 rings (SSSR count). The zero-order valence-corrected chi connectivity index (χ0v) is 29.2. The minimum atomic E-state index is 0.627. The molecule has 6 aromatic carbocycles. The second-order valence-electron chi connectivity index (χ2n) is 12.9. The standard InChI is InChI=1S/C48H32N6/c1-3-11-33(12-4-1)35-15-7-19-39(23-35)45-46(40-20-8-17-37(24-40)43-27-49-31-50-28-43)53-48(42-22-10-16-36(26-42)34-13-5-2-6-14-34)54-47(45)41-21-9-18-38(25-41)44-29-51-32-52-30-44/h1-32H. The monoisotopic (exact) mass is 692 g/mol. The molecule has 0 aliphatic carbocycles. The van der Waals surface area contributed by atoms with Crippen LogP contribution in [0.2, 0.25) is 0 Å². The highest BCUT2D eigenvalue weighted by atomic mass is 14.9. The summed E-state index contributed by atoms with van der Waals surface area (Å²) in [6.07, 6.45) is 10.4. The summed E-state index contributed by atoms with van der Waals surface area (Å²) >= 11 is 0. The molecule has 0 bridgehead atoms. The molecule has 3 heterocycles. The predicted molar refractivity (Wildman–Crippen MR) is 217 cm³/mol. The molecule has 6 heteroatoms. The van der Waals surface area contributed by atoms with Gasteiger partial charge < -0.3 is 0 Å². The first-order valence-corrected chi connectivity index (χ1v) is 17.7. The Morgan fingerprint density at radius 2 is 0.593 bits per heavy atom. The van der Waals surface area contributed by atoms with Crippen molar-refractivity contribution in [3.05, 3.63) is 195 Å². The summed E-state index contributed by atoms with van der Waals surface area (Å²) in [6.45, 7) is 0. The van der Waals surface area contributed by atoms with Crippen molar-refractivity contribution in [3.8, 4) is 89.5 Å². The Kier molecular flexibility index (Phi) is 8.81. The average Bonchev–Trinajstić information content (AvgIpc) is 3.27. The molecule has 0 atom stereocenters. The van der Waals surface area contributed by atoms with Gasteiger partial charge in [-0.05, 0) is 63.2 Å². The van der Waals surface area contributed by atoms with E-state index in [4.69, 9.17) is 9.97 Å². The second-order valence-corrected chi connectivity index (χ2v) is 12.9. The van der Waals surface area contributed by atoms with Crippen LogP contribution in [0.15, 0.2) is 195 Å². The Labute approximate surface area is 313 Å². The summed E-state index contributed by atoms with van der Waals surface area (Å²) in [4.78, 5) is 28.1. The average molecular weight is 693 g/mol. The predicted octanol–water partition coefficient (Wildman–Crippen LogP) is 11.4. The molecule has 54 heavy (non-hydrogen) atoms. The largest absolute Gasteiger partial charge is 0.244 e. The molecule has 3 aromatic heterocycles. The topological polar surface area (TPSA) is 77.3 Å². The quantitative estimate of drug-likeness (QED) is 0.158. The van der Waals surface area contributed by atoms with Crippen molar-refractivity contribution < 1.29 is 0 Å². The maximum absolute atomic E-state index is 5.47. The molecule has 9 aromatic rings. The van der Waals surface area contributed by atoms with Gasteiger partial charge in [-0.2, -0.15) is 0 Å². The van der Waals surface area contributed by atoms with Crippen LogP contribution in [0.4, 0.5) is 0 Å². The molecule has 6 nitrogen and oxygen atoms in total. The number of hydrogen-bond acceptors (Lipinski definition) is 6. The van der Waals surface area contributed by atoms with Crippen LogP contribution >= 0.6 is 0 Å². The van der Waals surface area contributed by atoms with Crippen molar-refractivity contribution in [1.29, 1.82) is 0 Å². The van der Waals surface area contributed by atoms with Crippen molar-refractivity contribution in [2.45, 2.75) is 0 Å². The van der Waals surface area contributed by atoms with E-state index in [1.807, 2.05) is 36.9 Å². The van der Waals surface area contributed by atoms with Gasteiger partial charge in [-0.15, -0.1) is 0 Å². The second kappa shape index (κ2) is 14.7. The first-order chi connectivity index (χ1) is 26.8. The molecule has 0 radical (unpaired) electrons. The van der Waals surface area contributed by atoms with Crippen molar-refractivity contribution in [2.75, 3.05) is 0 Å². The molecule has 0 N–H and O–H groups in total. The smallest absolute Gasteiger partial charge is 0.160 e. The fraction of sp³-hybridized carbons (Fsp3) is 0. The van der Waals surface area contributed by atoms with E-state index in [1.54, 1.807) is 12.7 Å². The van der Waals surface area contributed by atoms with Crippen LogP contribution in [0.3, 0.4) is 0 Å². The van der Waals surface area contributed by atoms with Gasteiger partial charge in [0.05, 0.1) is 11.4 Å². The number of hydrogen-bond donors (Lipinski definition) is 0. The summed E-state index contributed by atoms with van der Waals surface area (Å²) in [7, 11) is 0. The normalized spacial score (nSPS) is 11.0. The third kappa shape index (κ3) is 6.67. The Morgan fingerprint density at radius 3 is 1.06 bits per heavy atom. The van der Waals surface area contributed by atoms with Gasteiger partial charge in [0.1, 0.15) is 12.7 Å². The van der Waals surface area contributed by atoms with Crippen molar-refractivity contribution in [3.63, 3.8) is 0 Å². The van der Waals surface area contributed by atoms with Gasteiger partial charge in [0.25, 0.3) is 0 Å². The SMILES string of the molecule is c1ccc(-c2cccc(-c3nc(-c4cccc(-c5cncnc5)c4)c(-c4cccc(-c5ccccc5)c4)c(-c4cccc(-c5cncnc5)c4)n3)c2)cc1. The van der Waals surface area contributed by atoms with Gasteiger partial charge in [0, 0.05) is 58.2 Å². The van der Waals surface area contributed by atoms with Gasteiger partial charge in [0.15, 0.2) is 5.82 Å². The molecule has 0 aliphatic rings. The molecule has 254 valence electrons. The van der Waals surface area contributed by atoms with Crippen molar-refractivity contribution in [2.24, 2.45) is 0 Å². The lowest BCUT2D eigenvalue weighted by Crippen LogP contribution is -2.01. The zero-order valence-electron chi connectivity index (χ0n) is 29.2. The maximum atomic E-state index is 5.47. The van der Waals surface area contributed by atoms with Gasteiger partial charge in [-0.1, -0.05) is 133 Å². The third-order valence-electron chi connectivity index (χ3n) is 9.46. The molecule has 0 amide bonds. The minimum absolute atomic E-state index is 0.627. The minimum Gasteiger partial charge on any atom is -0.244 e. The lowest BCUT2D eigenvalue weighted by Gasteiger charge is -2.19. The van der Waals surface area contributed by atoms with E-state index in [9.17, 15) is 0 Å². The van der Waals surface area contributed by atoms with E-state index in [0.717, 1.165) is 83.7 Å². The highest BCUT2D eigenvalue weighted by Gasteiger charge is 2.22. The Bertz CT molecular complexity index is 2600. The van der Waals surface area contributed by atoms with E-state index < -0.39 is 0 Å². The van der Waals surface area contributed by atoms with Crippen LogP contribution in [0.1, 0.15) is 0 Å². The summed E-state index contributed by atoms with van der Waals surface area (Å²) < 4.78 is 0. The highest BCUT2D eigenvalue weighted by molar-refractivity contribution is 5.94. The van der Waals surface area contributed by atoms with Crippen LogP contribution in [-0.4, -0.2) is 29.9 Å². The van der Waals surface area contributed by atoms with Crippen LogP contribution in [0.5, 0.6) is 0 Å². The van der Waals surface area contributed by atoms with Crippen LogP contribution < -0.4 is 0 Å². The summed E-state index contributed by atoms with van der Waals surface area (Å²) in [6, 6.07) is 54.8. The lowest BCUT2D eigenvalue weighted by atomic mass is 9.90. The fourth-order valence-corrected chi connectivity index (χ4v) is 6.82. The van der Waals surface area contributed by atoms with Gasteiger partial charge in [0.2, 0.25) is 0 Å². The van der Waals surface area contributed by atoms with Gasteiger partial charge >= 0.3 is 0 Å². The van der Waals surface area contributed by atoms with E-state index in [2.05, 4.69) is 166 Å². The number of nitrogens with zero attached hydrogens (tertiary/aromatic N) is 6. The van der Waals surface area contributed by atoms with Crippen LogP contribution in [0, 0.1) is 0 Å². The Hall–Kier alpha value is -7.44. The van der Waals surface area contributed by atoms with Crippen LogP contribution in [-0.2, 0) is 0 Å². The number of benzene rings is 6. The molecular formula is C48H32N6. The molecule has 0 aliphatic heterocycles. The summed E-state index contributed by atoms with van der Waals surface area (Å²) in [5, 5.41) is 0. The molecule has 0 fully saturated rings. The van der Waals surface area contributed by atoms with Crippen molar-refractivity contribution in [1.82, 2.24) is 29.9 Å². The van der Waals surface area contributed by atoms with Gasteiger partial charge in [-0.25, -0.2) is 29.9 Å². The van der Waals surface area contributed by atoms with Gasteiger partial charge in [-0.3, -0.25) is 0 Å². The number of aromatic nitrogens is 6. The molecule has 0 saturated heterocycles. The third-order valence-corrected chi connectivity index (χ3v) is 9.46. The Morgan fingerprint density at radius 1 is 0.259 bits per heavy atom. The van der Waals surface area contributed by atoms with E-state index in [-0.39, 0.29) is 0 Å². The maximum Gasteiger partial charge on any atom is 0.160 e. The Balaban J connectivity index is 1.33. The summed E-state index contributed by atoms with van der Waals surface area (Å²) in [5.41, 5.74) is 14.7.